The van der Waals surface area contributed by atoms with Crippen LogP contribution in [0.5, 0.6) is 0 Å². The van der Waals surface area contributed by atoms with Gasteiger partial charge < -0.3 is 9.73 Å². The third-order valence-corrected chi connectivity index (χ3v) is 7.22. The Kier molecular flexibility index (Phi) is 6.21. The van der Waals surface area contributed by atoms with Crippen molar-refractivity contribution in [3.8, 4) is 22.2 Å². The maximum atomic E-state index is 12.6. The normalized spacial score (nSPS) is 11.4. The van der Waals surface area contributed by atoms with Crippen LogP contribution in [0.15, 0.2) is 70.4 Å². The first-order valence-electron chi connectivity index (χ1n) is 10.9. The lowest BCUT2D eigenvalue weighted by atomic mass is 10.2. The molecule has 0 saturated heterocycles. The number of anilines is 1. The lowest BCUT2D eigenvalue weighted by Crippen LogP contribution is -2.15. The maximum Gasteiger partial charge on any atom is 0.234 e. The summed E-state index contributed by atoms with van der Waals surface area (Å²) in [5.74, 6) is 1.43. The number of furan rings is 1. The summed E-state index contributed by atoms with van der Waals surface area (Å²) in [7, 11) is 0. The van der Waals surface area contributed by atoms with Gasteiger partial charge in [0.15, 0.2) is 10.9 Å². The second-order valence-electron chi connectivity index (χ2n) is 8.15. The lowest BCUT2D eigenvalue weighted by molar-refractivity contribution is -0.113. The molecular formula is C25H23N5O2S2. The summed E-state index contributed by atoms with van der Waals surface area (Å²) in [6.45, 7) is 6.18. The van der Waals surface area contributed by atoms with E-state index in [1.165, 1.54) is 22.0 Å². The van der Waals surface area contributed by atoms with E-state index in [0.29, 0.717) is 16.7 Å². The number of thioether (sulfide) groups is 1. The van der Waals surface area contributed by atoms with Gasteiger partial charge in [-0.3, -0.25) is 9.36 Å². The molecule has 3 aromatic heterocycles. The molecule has 34 heavy (non-hydrogen) atoms. The Morgan fingerprint density at radius 2 is 1.97 bits per heavy atom. The van der Waals surface area contributed by atoms with Crippen LogP contribution in [-0.2, 0) is 4.79 Å². The predicted octanol–water partition coefficient (Wildman–Crippen LogP) is 6.43. The Hall–Kier alpha value is -3.43. The number of benzene rings is 2. The quantitative estimate of drug-likeness (QED) is 0.265. The number of aryl methyl sites for hydroxylation is 1. The smallest absolute Gasteiger partial charge is 0.234 e. The molecule has 0 saturated carbocycles. The molecule has 0 fully saturated rings. The second-order valence-corrected chi connectivity index (χ2v) is 10.1. The number of fused-ring (bicyclic) bond motifs is 1. The molecule has 7 nitrogen and oxygen atoms in total. The van der Waals surface area contributed by atoms with Gasteiger partial charge in [-0.15, -0.1) is 21.5 Å². The Morgan fingerprint density at radius 1 is 1.15 bits per heavy atom. The zero-order valence-electron chi connectivity index (χ0n) is 19.0. The van der Waals surface area contributed by atoms with Crippen molar-refractivity contribution < 1.29 is 9.21 Å². The molecule has 9 heteroatoms. The van der Waals surface area contributed by atoms with Crippen molar-refractivity contribution >= 4 is 44.9 Å². The van der Waals surface area contributed by atoms with E-state index in [9.17, 15) is 4.79 Å². The molecule has 0 aliphatic rings. The molecule has 2 aromatic carbocycles. The predicted molar refractivity (Wildman–Crippen MR) is 137 cm³/mol. The maximum absolute atomic E-state index is 12.6. The Bertz CT molecular complexity index is 1440. The summed E-state index contributed by atoms with van der Waals surface area (Å²) in [5.41, 5.74) is 4.00. The molecule has 0 atom stereocenters. The van der Waals surface area contributed by atoms with Gasteiger partial charge in [0, 0.05) is 17.3 Å². The number of nitrogens with zero attached hydrogens (tertiary/aromatic N) is 4. The van der Waals surface area contributed by atoms with Gasteiger partial charge in [-0.1, -0.05) is 17.8 Å². The minimum absolute atomic E-state index is 0.105. The summed E-state index contributed by atoms with van der Waals surface area (Å²) in [5, 5.41) is 13.1. The molecule has 0 unspecified atom stereocenters. The van der Waals surface area contributed by atoms with E-state index in [2.05, 4.69) is 40.6 Å². The number of aromatic nitrogens is 4. The first-order chi connectivity index (χ1) is 16.5. The fraction of sp³-hybridized carbons (Fsp3) is 0.200. The number of amides is 1. The van der Waals surface area contributed by atoms with Crippen molar-refractivity contribution in [2.75, 3.05) is 11.1 Å². The van der Waals surface area contributed by atoms with Gasteiger partial charge in [0.05, 0.1) is 22.2 Å². The third kappa shape index (κ3) is 4.62. The van der Waals surface area contributed by atoms with Crippen LogP contribution in [0.1, 0.15) is 25.5 Å². The standard InChI is InChI=1S/C25H23N5O2S2/c1-15(2)30-23(20-5-4-12-32-20)28-29-25(30)33-14-22(31)26-18-9-7-17(8-10-18)24-27-19-11-6-16(3)13-21(19)34-24/h4-13,15H,14H2,1-3H3,(H,26,31). The average molecular weight is 490 g/mol. The Balaban J connectivity index is 1.24. The molecule has 0 aliphatic carbocycles. The summed E-state index contributed by atoms with van der Waals surface area (Å²) in [6.07, 6.45) is 1.61. The van der Waals surface area contributed by atoms with Crippen LogP contribution < -0.4 is 5.32 Å². The fourth-order valence-corrected chi connectivity index (χ4v) is 5.53. The number of rotatable bonds is 7. The van der Waals surface area contributed by atoms with E-state index in [4.69, 9.17) is 9.40 Å². The average Bonchev–Trinajstić information content (AvgIpc) is 3.56. The van der Waals surface area contributed by atoms with Crippen LogP contribution in [0, 0.1) is 6.92 Å². The Labute approximate surface area is 205 Å². The molecule has 0 radical (unpaired) electrons. The molecule has 0 spiro atoms. The largest absolute Gasteiger partial charge is 0.461 e. The van der Waals surface area contributed by atoms with E-state index in [0.717, 1.165) is 21.8 Å². The molecule has 5 aromatic rings. The zero-order chi connectivity index (χ0) is 23.7. The molecule has 5 rings (SSSR count). The van der Waals surface area contributed by atoms with Gasteiger partial charge in [-0.05, 0) is 74.9 Å². The molecule has 1 N–H and O–H groups in total. The number of carbonyl (C=O) groups excluding carboxylic acids is 1. The molecule has 3 heterocycles. The zero-order valence-corrected chi connectivity index (χ0v) is 20.6. The molecule has 0 aliphatic heterocycles. The van der Waals surface area contributed by atoms with Gasteiger partial charge in [-0.25, -0.2) is 4.98 Å². The van der Waals surface area contributed by atoms with Crippen molar-refractivity contribution in [2.24, 2.45) is 0 Å². The third-order valence-electron chi connectivity index (χ3n) is 5.21. The van der Waals surface area contributed by atoms with Crippen molar-refractivity contribution in [1.29, 1.82) is 0 Å². The summed E-state index contributed by atoms with van der Waals surface area (Å²) in [6, 6.07) is 17.8. The van der Waals surface area contributed by atoms with Gasteiger partial charge in [0.1, 0.15) is 5.01 Å². The molecule has 172 valence electrons. The summed E-state index contributed by atoms with van der Waals surface area (Å²) >= 11 is 3.02. The first kappa shape index (κ1) is 22.4. The topological polar surface area (TPSA) is 85.8 Å². The summed E-state index contributed by atoms with van der Waals surface area (Å²) < 4.78 is 8.63. The molecule has 1 amide bonds. The fourth-order valence-electron chi connectivity index (χ4n) is 3.59. The van der Waals surface area contributed by atoms with Gasteiger partial charge >= 0.3 is 0 Å². The van der Waals surface area contributed by atoms with Crippen molar-refractivity contribution in [3.05, 3.63) is 66.4 Å². The van der Waals surface area contributed by atoms with Gasteiger partial charge in [0.25, 0.3) is 0 Å². The first-order valence-corrected chi connectivity index (χ1v) is 12.7. The highest BCUT2D eigenvalue weighted by Gasteiger charge is 2.19. The van der Waals surface area contributed by atoms with E-state index in [1.807, 2.05) is 54.8 Å². The van der Waals surface area contributed by atoms with Crippen molar-refractivity contribution in [3.63, 3.8) is 0 Å². The van der Waals surface area contributed by atoms with Crippen LogP contribution in [0.3, 0.4) is 0 Å². The SMILES string of the molecule is Cc1ccc2nc(-c3ccc(NC(=O)CSc4nnc(-c5ccco5)n4C(C)C)cc3)sc2c1. The number of hydrogen-bond acceptors (Lipinski definition) is 7. The van der Waals surface area contributed by atoms with E-state index in [1.54, 1.807) is 17.6 Å². The minimum atomic E-state index is -0.105. The van der Waals surface area contributed by atoms with Gasteiger partial charge in [0.2, 0.25) is 11.7 Å². The lowest BCUT2D eigenvalue weighted by Gasteiger charge is -2.12. The number of hydrogen-bond donors (Lipinski definition) is 1. The van der Waals surface area contributed by atoms with Crippen molar-refractivity contribution in [2.45, 2.75) is 32.0 Å². The molecule has 0 bridgehead atoms. The second kappa shape index (κ2) is 9.44. The van der Waals surface area contributed by atoms with Crippen molar-refractivity contribution in [1.82, 2.24) is 19.7 Å². The number of thiazole rings is 1. The highest BCUT2D eigenvalue weighted by Crippen LogP contribution is 2.32. The van der Waals surface area contributed by atoms with Crippen LogP contribution in [0.2, 0.25) is 0 Å². The molecular weight excluding hydrogens is 466 g/mol. The van der Waals surface area contributed by atoms with Crippen LogP contribution >= 0.6 is 23.1 Å². The van der Waals surface area contributed by atoms with Crippen LogP contribution in [-0.4, -0.2) is 31.4 Å². The van der Waals surface area contributed by atoms with Gasteiger partial charge in [-0.2, -0.15) is 0 Å². The van der Waals surface area contributed by atoms with Crippen LogP contribution in [0.4, 0.5) is 5.69 Å². The number of carbonyl (C=O) groups is 1. The number of nitrogens with one attached hydrogen (secondary N) is 1. The minimum Gasteiger partial charge on any atom is -0.461 e. The Morgan fingerprint density at radius 3 is 2.71 bits per heavy atom. The summed E-state index contributed by atoms with van der Waals surface area (Å²) in [4.78, 5) is 17.3. The van der Waals surface area contributed by atoms with E-state index >= 15 is 0 Å². The van der Waals surface area contributed by atoms with E-state index in [-0.39, 0.29) is 17.7 Å². The monoisotopic (exact) mass is 489 g/mol. The van der Waals surface area contributed by atoms with E-state index < -0.39 is 0 Å². The highest BCUT2D eigenvalue weighted by atomic mass is 32.2. The highest BCUT2D eigenvalue weighted by molar-refractivity contribution is 7.99. The van der Waals surface area contributed by atoms with Crippen LogP contribution in [0.25, 0.3) is 32.4 Å².